The van der Waals surface area contributed by atoms with Crippen LogP contribution in [0.4, 0.5) is 11.4 Å². The summed E-state index contributed by atoms with van der Waals surface area (Å²) in [5.41, 5.74) is 6.44. The number of hydrogen-bond donors (Lipinski definition) is 3. The molecule has 0 saturated carbocycles. The van der Waals surface area contributed by atoms with Gasteiger partial charge in [0.15, 0.2) is 0 Å². The first-order valence-corrected chi connectivity index (χ1v) is 6.10. The van der Waals surface area contributed by atoms with Crippen molar-refractivity contribution >= 4 is 23.3 Å². The van der Waals surface area contributed by atoms with Crippen molar-refractivity contribution in [3.63, 3.8) is 0 Å². The van der Waals surface area contributed by atoms with E-state index in [1.807, 2.05) is 0 Å². The second kappa shape index (κ2) is 5.96. The van der Waals surface area contributed by atoms with Crippen LogP contribution in [-0.4, -0.2) is 24.1 Å². The highest BCUT2D eigenvalue weighted by Gasteiger charge is 2.15. The molecule has 2 aromatic rings. The van der Waals surface area contributed by atoms with Gasteiger partial charge in [0, 0.05) is 11.8 Å². The maximum absolute atomic E-state index is 12.2. The van der Waals surface area contributed by atoms with Crippen LogP contribution in [-0.2, 0) is 0 Å². The number of nitrogens with one attached hydrogen (secondary N) is 1. The molecule has 21 heavy (non-hydrogen) atoms. The number of nitrogen functional groups attached to an aromatic ring is 1. The van der Waals surface area contributed by atoms with Crippen molar-refractivity contribution in [3.05, 3.63) is 53.6 Å². The van der Waals surface area contributed by atoms with Crippen LogP contribution in [0.25, 0.3) is 0 Å². The molecular weight excluding hydrogens is 272 g/mol. The maximum Gasteiger partial charge on any atom is 0.337 e. The summed E-state index contributed by atoms with van der Waals surface area (Å²) in [6.45, 7) is 0. The van der Waals surface area contributed by atoms with Crippen molar-refractivity contribution in [2.75, 3.05) is 18.2 Å². The van der Waals surface area contributed by atoms with E-state index < -0.39 is 11.9 Å². The summed E-state index contributed by atoms with van der Waals surface area (Å²) in [7, 11) is 1.45. The van der Waals surface area contributed by atoms with Crippen molar-refractivity contribution < 1.29 is 19.4 Å². The quantitative estimate of drug-likeness (QED) is 0.748. The third-order valence-corrected chi connectivity index (χ3v) is 2.91. The van der Waals surface area contributed by atoms with E-state index in [9.17, 15) is 9.59 Å². The van der Waals surface area contributed by atoms with Crippen LogP contribution in [0.5, 0.6) is 5.75 Å². The van der Waals surface area contributed by atoms with Crippen molar-refractivity contribution in [3.8, 4) is 5.75 Å². The molecule has 0 fully saturated rings. The smallest absolute Gasteiger partial charge is 0.337 e. The van der Waals surface area contributed by atoms with Crippen LogP contribution in [0.1, 0.15) is 20.7 Å². The van der Waals surface area contributed by atoms with E-state index in [0.29, 0.717) is 11.4 Å². The average molecular weight is 286 g/mol. The first-order chi connectivity index (χ1) is 10.0. The zero-order valence-electron chi connectivity index (χ0n) is 11.3. The van der Waals surface area contributed by atoms with E-state index in [4.69, 9.17) is 15.6 Å². The molecule has 0 aliphatic rings. The van der Waals surface area contributed by atoms with Gasteiger partial charge in [0.2, 0.25) is 0 Å². The Morgan fingerprint density at radius 3 is 2.48 bits per heavy atom. The third-order valence-electron chi connectivity index (χ3n) is 2.91. The number of para-hydroxylation sites is 1. The Bertz CT molecular complexity index is 698. The van der Waals surface area contributed by atoms with Gasteiger partial charge < -0.3 is 20.9 Å². The van der Waals surface area contributed by atoms with Gasteiger partial charge in [0.05, 0.1) is 23.9 Å². The van der Waals surface area contributed by atoms with E-state index in [-0.39, 0.29) is 16.8 Å². The van der Waals surface area contributed by atoms with Crippen molar-refractivity contribution in [1.29, 1.82) is 0 Å². The van der Waals surface area contributed by atoms with E-state index in [1.165, 1.54) is 25.3 Å². The molecule has 0 aromatic heterocycles. The molecule has 0 saturated heterocycles. The number of carbonyl (C=O) groups excluding carboxylic acids is 1. The summed E-state index contributed by atoms with van der Waals surface area (Å²) in [6, 6.07) is 10.9. The molecule has 6 nitrogen and oxygen atoms in total. The van der Waals surface area contributed by atoms with Crippen molar-refractivity contribution in [1.82, 2.24) is 0 Å². The summed E-state index contributed by atoms with van der Waals surface area (Å²) >= 11 is 0. The van der Waals surface area contributed by atoms with Crippen LogP contribution in [0, 0.1) is 0 Å². The second-order valence-corrected chi connectivity index (χ2v) is 4.26. The highest BCUT2D eigenvalue weighted by atomic mass is 16.5. The van der Waals surface area contributed by atoms with Gasteiger partial charge in [0.1, 0.15) is 5.75 Å². The molecule has 0 radical (unpaired) electrons. The Hall–Kier alpha value is -3.02. The standard InChI is InChI=1S/C15H14N2O4/c1-21-9-6-7-11(15(19)20)13(8-9)17-14(18)10-4-2-3-5-12(10)16/h2-8H,16H2,1H3,(H,17,18)(H,19,20). The van der Waals surface area contributed by atoms with Crippen LogP contribution < -0.4 is 15.8 Å². The van der Waals surface area contributed by atoms with Gasteiger partial charge in [-0.05, 0) is 24.3 Å². The Morgan fingerprint density at radius 1 is 1.14 bits per heavy atom. The Balaban J connectivity index is 2.36. The largest absolute Gasteiger partial charge is 0.497 e. The summed E-state index contributed by atoms with van der Waals surface area (Å²) in [5, 5.41) is 11.7. The zero-order chi connectivity index (χ0) is 15.4. The van der Waals surface area contributed by atoms with E-state index in [0.717, 1.165) is 0 Å². The van der Waals surface area contributed by atoms with Gasteiger partial charge in [-0.25, -0.2) is 4.79 Å². The summed E-state index contributed by atoms with van der Waals surface area (Å²) in [6.07, 6.45) is 0. The fourth-order valence-electron chi connectivity index (χ4n) is 1.83. The summed E-state index contributed by atoms with van der Waals surface area (Å²) in [4.78, 5) is 23.4. The van der Waals surface area contributed by atoms with Gasteiger partial charge in [-0.1, -0.05) is 12.1 Å². The highest BCUT2D eigenvalue weighted by Crippen LogP contribution is 2.24. The molecule has 2 aromatic carbocycles. The number of carbonyl (C=O) groups is 2. The SMILES string of the molecule is COc1ccc(C(=O)O)c(NC(=O)c2ccccc2N)c1. The molecular formula is C15H14N2O4. The summed E-state index contributed by atoms with van der Waals surface area (Å²) < 4.78 is 5.03. The molecule has 0 aliphatic heterocycles. The number of carboxylic acids is 1. The number of anilines is 2. The van der Waals surface area contributed by atoms with E-state index >= 15 is 0 Å². The first-order valence-electron chi connectivity index (χ1n) is 6.10. The topological polar surface area (TPSA) is 102 Å². The fraction of sp³-hybridized carbons (Fsp3) is 0.0667. The minimum Gasteiger partial charge on any atom is -0.497 e. The minimum atomic E-state index is -1.14. The summed E-state index contributed by atoms with van der Waals surface area (Å²) in [5.74, 6) is -1.19. The van der Waals surface area contributed by atoms with Gasteiger partial charge >= 0.3 is 5.97 Å². The lowest BCUT2D eigenvalue weighted by Gasteiger charge is -2.11. The molecule has 1 amide bonds. The Kier molecular flexibility index (Phi) is 4.08. The molecule has 2 rings (SSSR count). The van der Waals surface area contributed by atoms with Crippen molar-refractivity contribution in [2.24, 2.45) is 0 Å². The van der Waals surface area contributed by atoms with Crippen LogP contribution >= 0.6 is 0 Å². The Morgan fingerprint density at radius 2 is 1.86 bits per heavy atom. The normalized spacial score (nSPS) is 9.95. The average Bonchev–Trinajstić information content (AvgIpc) is 2.47. The molecule has 0 spiro atoms. The first kappa shape index (κ1) is 14.4. The molecule has 4 N–H and O–H groups in total. The van der Waals surface area contributed by atoms with Gasteiger partial charge in [0.25, 0.3) is 5.91 Å². The maximum atomic E-state index is 12.2. The molecule has 0 atom stereocenters. The second-order valence-electron chi connectivity index (χ2n) is 4.26. The van der Waals surface area contributed by atoms with E-state index in [1.54, 1.807) is 24.3 Å². The number of amides is 1. The lowest BCUT2D eigenvalue weighted by molar-refractivity contribution is 0.0698. The van der Waals surface area contributed by atoms with Gasteiger partial charge in [-0.15, -0.1) is 0 Å². The minimum absolute atomic E-state index is 0.0290. The van der Waals surface area contributed by atoms with Crippen LogP contribution in [0.3, 0.4) is 0 Å². The molecule has 0 heterocycles. The van der Waals surface area contributed by atoms with E-state index in [2.05, 4.69) is 5.32 Å². The lowest BCUT2D eigenvalue weighted by atomic mass is 10.1. The number of carboxylic acid groups (broad SMARTS) is 1. The van der Waals surface area contributed by atoms with Crippen LogP contribution in [0.15, 0.2) is 42.5 Å². The molecule has 108 valence electrons. The number of hydrogen-bond acceptors (Lipinski definition) is 4. The molecule has 6 heteroatoms. The third kappa shape index (κ3) is 3.11. The number of benzene rings is 2. The Labute approximate surface area is 121 Å². The molecule has 0 aliphatic carbocycles. The fourth-order valence-corrected chi connectivity index (χ4v) is 1.83. The van der Waals surface area contributed by atoms with Crippen LogP contribution in [0.2, 0.25) is 0 Å². The zero-order valence-corrected chi connectivity index (χ0v) is 11.3. The number of nitrogens with two attached hydrogens (primary N) is 1. The number of rotatable bonds is 4. The monoisotopic (exact) mass is 286 g/mol. The molecule has 0 bridgehead atoms. The van der Waals surface area contributed by atoms with Crippen molar-refractivity contribution in [2.45, 2.75) is 0 Å². The predicted molar refractivity (Wildman–Crippen MR) is 78.8 cm³/mol. The van der Waals surface area contributed by atoms with Gasteiger partial charge in [-0.2, -0.15) is 0 Å². The lowest BCUT2D eigenvalue weighted by Crippen LogP contribution is -2.16. The highest BCUT2D eigenvalue weighted by molar-refractivity contribution is 6.10. The number of methoxy groups -OCH3 is 1. The molecule has 0 unspecified atom stereocenters. The number of ether oxygens (including phenoxy) is 1. The van der Waals surface area contributed by atoms with Gasteiger partial charge in [-0.3, -0.25) is 4.79 Å². The number of aromatic carboxylic acids is 1. The predicted octanol–water partition coefficient (Wildman–Crippen LogP) is 2.23.